The molecule has 0 saturated heterocycles. The molecular formula is C30H28F3N3O. The number of aromatic nitrogens is 1. The number of hydrogen-bond donors (Lipinski definition) is 2. The average molecular weight is 504 g/mol. The van der Waals surface area contributed by atoms with Crippen LogP contribution in [0.1, 0.15) is 54.0 Å². The molecule has 1 aromatic heterocycles. The molecule has 7 heteroatoms. The minimum Gasteiger partial charge on any atom is -0.361 e. The van der Waals surface area contributed by atoms with E-state index >= 15 is 0 Å². The zero-order chi connectivity index (χ0) is 26.0. The molecule has 1 aliphatic rings. The smallest absolute Gasteiger partial charge is 0.150 e. The number of halogens is 3. The third-order valence-electron chi connectivity index (χ3n) is 7.29. The number of aromatic amines is 1. The SMILES string of the molecule is CC(CCc1c[nH]c2c(F)cc(F)cc12)NCCCC1(c2ccc(F)cc2)OCc2cc(C#N)ccc21. The molecule has 2 N–H and O–H groups in total. The molecule has 0 amide bonds. The summed E-state index contributed by atoms with van der Waals surface area (Å²) in [5, 5.41) is 13.4. The van der Waals surface area contributed by atoms with Gasteiger partial charge in [0, 0.05) is 23.7 Å². The standard InChI is InChI=1S/C30H28F3N3O/c1-19(3-5-21-17-36-29-26(21)14-25(32)15-28(29)33)35-12-2-11-30(23-6-8-24(31)9-7-23)27-10-4-20(16-34)13-22(27)18-37-30/h4,6-10,13-15,17,19,35-36H,2-3,5,11-12,18H2,1H3. The second-order valence-corrected chi connectivity index (χ2v) is 9.73. The molecule has 0 saturated carbocycles. The van der Waals surface area contributed by atoms with Crippen molar-refractivity contribution < 1.29 is 17.9 Å². The van der Waals surface area contributed by atoms with Crippen molar-refractivity contribution in [3.05, 3.63) is 106 Å². The summed E-state index contributed by atoms with van der Waals surface area (Å²) in [6, 6.07) is 16.7. The molecule has 0 bridgehead atoms. The van der Waals surface area contributed by atoms with Gasteiger partial charge >= 0.3 is 0 Å². The highest BCUT2D eigenvalue weighted by molar-refractivity contribution is 5.83. The zero-order valence-electron chi connectivity index (χ0n) is 20.6. The van der Waals surface area contributed by atoms with Gasteiger partial charge in [-0.15, -0.1) is 0 Å². The Kier molecular flexibility index (Phi) is 7.05. The van der Waals surface area contributed by atoms with Crippen molar-refractivity contribution in [3.63, 3.8) is 0 Å². The Morgan fingerprint density at radius 3 is 2.68 bits per heavy atom. The van der Waals surface area contributed by atoms with Gasteiger partial charge in [-0.05, 0) is 91.7 Å². The van der Waals surface area contributed by atoms with E-state index in [9.17, 15) is 18.4 Å². The van der Waals surface area contributed by atoms with Crippen LogP contribution in [0.3, 0.4) is 0 Å². The number of nitrogens with one attached hydrogen (secondary N) is 2. The molecule has 1 aliphatic heterocycles. The molecule has 190 valence electrons. The molecular weight excluding hydrogens is 475 g/mol. The zero-order valence-corrected chi connectivity index (χ0v) is 20.6. The lowest BCUT2D eigenvalue weighted by Gasteiger charge is -2.31. The van der Waals surface area contributed by atoms with E-state index in [0.29, 0.717) is 35.9 Å². The van der Waals surface area contributed by atoms with Gasteiger partial charge in [-0.25, -0.2) is 13.2 Å². The third-order valence-corrected chi connectivity index (χ3v) is 7.29. The van der Waals surface area contributed by atoms with Crippen LogP contribution in [0.4, 0.5) is 13.2 Å². The van der Waals surface area contributed by atoms with Crippen molar-refractivity contribution in [2.24, 2.45) is 0 Å². The predicted octanol–water partition coefficient (Wildman–Crippen LogP) is 6.62. The van der Waals surface area contributed by atoms with Crippen LogP contribution < -0.4 is 5.32 Å². The topological polar surface area (TPSA) is 60.8 Å². The first-order chi connectivity index (χ1) is 17.9. The van der Waals surface area contributed by atoms with Crippen LogP contribution in [-0.4, -0.2) is 17.6 Å². The first-order valence-electron chi connectivity index (χ1n) is 12.5. The predicted molar refractivity (Wildman–Crippen MR) is 136 cm³/mol. The minimum atomic E-state index is -0.694. The number of hydrogen-bond acceptors (Lipinski definition) is 3. The lowest BCUT2D eigenvalue weighted by atomic mass is 9.81. The van der Waals surface area contributed by atoms with Crippen LogP contribution >= 0.6 is 0 Å². The third kappa shape index (κ3) is 5.00. The monoisotopic (exact) mass is 503 g/mol. The van der Waals surface area contributed by atoms with Crippen LogP contribution in [0.15, 0.2) is 60.8 Å². The Labute approximate surface area is 214 Å². The van der Waals surface area contributed by atoms with Crippen LogP contribution in [0.2, 0.25) is 0 Å². The lowest BCUT2D eigenvalue weighted by Crippen LogP contribution is -2.31. The van der Waals surface area contributed by atoms with Crippen molar-refractivity contribution in [3.8, 4) is 6.07 Å². The second kappa shape index (κ2) is 10.4. The van der Waals surface area contributed by atoms with Gasteiger partial charge in [0.25, 0.3) is 0 Å². The fourth-order valence-electron chi connectivity index (χ4n) is 5.34. The Bertz CT molecular complexity index is 1460. The van der Waals surface area contributed by atoms with E-state index in [-0.39, 0.29) is 11.9 Å². The molecule has 37 heavy (non-hydrogen) atoms. The fraction of sp³-hybridized carbons (Fsp3) is 0.300. The summed E-state index contributed by atoms with van der Waals surface area (Å²) >= 11 is 0. The van der Waals surface area contributed by atoms with Gasteiger partial charge < -0.3 is 15.0 Å². The Hall–Kier alpha value is -3.60. The van der Waals surface area contributed by atoms with Crippen molar-refractivity contribution >= 4 is 10.9 Å². The summed E-state index contributed by atoms with van der Waals surface area (Å²) in [6.45, 7) is 3.24. The minimum absolute atomic E-state index is 0.195. The maximum Gasteiger partial charge on any atom is 0.150 e. The number of aryl methyl sites for hydroxylation is 1. The van der Waals surface area contributed by atoms with E-state index in [0.717, 1.165) is 47.7 Å². The lowest BCUT2D eigenvalue weighted by molar-refractivity contribution is -0.0130. The molecule has 5 rings (SSSR count). The van der Waals surface area contributed by atoms with Crippen LogP contribution in [0.25, 0.3) is 10.9 Å². The van der Waals surface area contributed by atoms with Crippen molar-refractivity contribution in [2.75, 3.05) is 6.54 Å². The number of nitrogens with zero attached hydrogens (tertiary/aromatic N) is 1. The summed E-state index contributed by atoms with van der Waals surface area (Å²) in [7, 11) is 0. The summed E-state index contributed by atoms with van der Waals surface area (Å²) in [5.74, 6) is -1.46. The number of H-pyrrole nitrogens is 1. The van der Waals surface area contributed by atoms with Gasteiger partial charge in [0.2, 0.25) is 0 Å². The molecule has 4 nitrogen and oxygen atoms in total. The molecule has 0 spiro atoms. The van der Waals surface area contributed by atoms with Crippen molar-refractivity contribution in [1.29, 1.82) is 5.26 Å². The first kappa shape index (κ1) is 25.1. The van der Waals surface area contributed by atoms with Crippen LogP contribution in [0.5, 0.6) is 0 Å². The van der Waals surface area contributed by atoms with Gasteiger partial charge in [0.1, 0.15) is 23.1 Å². The highest BCUT2D eigenvalue weighted by atomic mass is 19.1. The van der Waals surface area contributed by atoms with E-state index in [1.807, 2.05) is 12.1 Å². The average Bonchev–Trinajstić information content (AvgIpc) is 3.47. The molecule has 3 aromatic carbocycles. The maximum absolute atomic E-state index is 14.0. The van der Waals surface area contributed by atoms with E-state index in [1.165, 1.54) is 18.2 Å². The Morgan fingerprint density at radius 1 is 1.08 bits per heavy atom. The molecule has 2 atom stereocenters. The van der Waals surface area contributed by atoms with Crippen molar-refractivity contribution in [2.45, 2.75) is 50.9 Å². The fourth-order valence-corrected chi connectivity index (χ4v) is 5.34. The van der Waals surface area contributed by atoms with Gasteiger partial charge in [-0.3, -0.25) is 0 Å². The van der Waals surface area contributed by atoms with Gasteiger partial charge in [0.15, 0.2) is 0 Å². The van der Waals surface area contributed by atoms with Crippen LogP contribution in [0, 0.1) is 28.8 Å². The highest BCUT2D eigenvalue weighted by Gasteiger charge is 2.41. The first-order valence-corrected chi connectivity index (χ1v) is 12.5. The van der Waals surface area contributed by atoms with Gasteiger partial charge in [-0.1, -0.05) is 18.2 Å². The van der Waals surface area contributed by atoms with E-state index in [2.05, 4.69) is 23.3 Å². The Morgan fingerprint density at radius 2 is 1.89 bits per heavy atom. The molecule has 0 fully saturated rings. The van der Waals surface area contributed by atoms with Crippen molar-refractivity contribution in [1.82, 2.24) is 10.3 Å². The highest BCUT2D eigenvalue weighted by Crippen LogP contribution is 2.45. The summed E-state index contributed by atoms with van der Waals surface area (Å²) in [4.78, 5) is 2.91. The summed E-state index contributed by atoms with van der Waals surface area (Å²) in [6.07, 6.45) is 4.75. The number of fused-ring (bicyclic) bond motifs is 2. The largest absolute Gasteiger partial charge is 0.361 e. The number of rotatable bonds is 9. The molecule has 0 radical (unpaired) electrons. The van der Waals surface area contributed by atoms with Gasteiger partial charge in [0.05, 0.1) is 23.8 Å². The van der Waals surface area contributed by atoms with E-state index in [1.54, 1.807) is 24.4 Å². The maximum atomic E-state index is 14.0. The summed E-state index contributed by atoms with van der Waals surface area (Å²) < 4.78 is 47.7. The molecule has 0 aliphatic carbocycles. The van der Waals surface area contributed by atoms with Crippen LogP contribution in [-0.2, 0) is 23.4 Å². The quantitative estimate of drug-likeness (QED) is 0.252. The molecule has 4 aromatic rings. The second-order valence-electron chi connectivity index (χ2n) is 9.73. The Balaban J connectivity index is 1.22. The number of benzene rings is 3. The molecule has 2 heterocycles. The number of ether oxygens (including phenoxy) is 1. The van der Waals surface area contributed by atoms with Gasteiger partial charge in [-0.2, -0.15) is 5.26 Å². The van der Waals surface area contributed by atoms with E-state index < -0.39 is 17.2 Å². The number of nitriles is 1. The van der Waals surface area contributed by atoms with E-state index in [4.69, 9.17) is 4.74 Å². The normalized spacial score (nSPS) is 17.6. The summed E-state index contributed by atoms with van der Waals surface area (Å²) in [5.41, 5.74) is 4.02. The molecule has 2 unspecified atom stereocenters.